The normalized spacial score (nSPS) is 9.90. The fraction of sp³-hybridized carbons (Fsp3) is 0.333. The van der Waals surface area contributed by atoms with Gasteiger partial charge in [0.05, 0.1) is 6.20 Å². The van der Waals surface area contributed by atoms with Gasteiger partial charge in [0.25, 0.3) is 0 Å². The second kappa shape index (κ2) is 2.42. The number of ketones is 1. The van der Waals surface area contributed by atoms with Crippen LogP contribution in [0.15, 0.2) is 6.20 Å². The zero-order valence-corrected chi connectivity index (χ0v) is 6.51. The van der Waals surface area contributed by atoms with Crippen LogP contribution in [-0.2, 0) is 7.05 Å². The minimum atomic E-state index is -0.0260. The fourth-order valence-electron chi connectivity index (χ4n) is 0.714. The first-order valence-corrected chi connectivity index (χ1v) is 3.19. The zero-order valence-electron chi connectivity index (χ0n) is 5.76. The molecule has 4 heteroatoms. The molecule has 0 aliphatic carbocycles. The van der Waals surface area contributed by atoms with Gasteiger partial charge >= 0.3 is 0 Å². The van der Waals surface area contributed by atoms with E-state index >= 15 is 0 Å². The van der Waals surface area contributed by atoms with Gasteiger partial charge in [-0.3, -0.25) is 4.79 Å². The first kappa shape index (κ1) is 7.28. The van der Waals surface area contributed by atoms with E-state index in [-0.39, 0.29) is 5.78 Å². The van der Waals surface area contributed by atoms with Gasteiger partial charge in [-0.25, -0.2) is 4.98 Å². The van der Waals surface area contributed by atoms with Gasteiger partial charge in [-0.15, -0.1) is 0 Å². The molecule has 0 amide bonds. The van der Waals surface area contributed by atoms with Crippen molar-refractivity contribution in [3.05, 3.63) is 17.2 Å². The maximum atomic E-state index is 10.8. The third-order valence-corrected chi connectivity index (χ3v) is 1.64. The summed E-state index contributed by atoms with van der Waals surface area (Å²) in [4.78, 5) is 14.5. The molecular formula is C6H7ClN2O. The summed E-state index contributed by atoms with van der Waals surface area (Å²) >= 11 is 5.57. The Kier molecular flexibility index (Phi) is 1.76. The second-order valence-corrected chi connectivity index (χ2v) is 2.37. The van der Waals surface area contributed by atoms with Gasteiger partial charge in [0.15, 0.2) is 5.78 Å². The van der Waals surface area contributed by atoms with Crippen molar-refractivity contribution >= 4 is 17.4 Å². The summed E-state index contributed by atoms with van der Waals surface area (Å²) in [6.07, 6.45) is 1.46. The van der Waals surface area contributed by atoms with Crippen molar-refractivity contribution in [1.82, 2.24) is 9.55 Å². The lowest BCUT2D eigenvalue weighted by Gasteiger charge is -1.95. The van der Waals surface area contributed by atoms with Gasteiger partial charge in [0.2, 0.25) is 5.28 Å². The molecule has 0 aromatic carbocycles. The molecule has 0 saturated carbocycles. The lowest BCUT2D eigenvalue weighted by atomic mass is 10.3. The van der Waals surface area contributed by atoms with Crippen molar-refractivity contribution in [2.45, 2.75) is 6.92 Å². The quantitative estimate of drug-likeness (QED) is 0.577. The van der Waals surface area contributed by atoms with Crippen LogP contribution in [-0.4, -0.2) is 15.3 Å². The largest absolute Gasteiger partial charge is 0.315 e. The summed E-state index contributed by atoms with van der Waals surface area (Å²) in [6, 6.07) is 0. The van der Waals surface area contributed by atoms with Crippen LogP contribution in [0.1, 0.15) is 17.4 Å². The Bertz CT molecular complexity index is 267. The van der Waals surface area contributed by atoms with Gasteiger partial charge in [-0.05, 0) is 11.6 Å². The molecule has 0 aliphatic heterocycles. The number of aromatic nitrogens is 2. The molecule has 1 aromatic rings. The Morgan fingerprint density at radius 2 is 2.40 bits per heavy atom. The molecule has 0 atom stereocenters. The summed E-state index contributed by atoms with van der Waals surface area (Å²) in [5.41, 5.74) is 0.532. The standard InChI is InChI=1S/C6H7ClN2O/c1-4(10)5-3-8-6(7)9(5)2/h3H,1-2H3. The molecule has 0 aliphatic rings. The number of carbonyl (C=O) groups is 1. The van der Waals surface area contributed by atoms with E-state index in [2.05, 4.69) is 4.98 Å². The first-order valence-electron chi connectivity index (χ1n) is 2.81. The molecule has 0 radical (unpaired) electrons. The third-order valence-electron chi connectivity index (χ3n) is 1.29. The molecule has 0 unspecified atom stereocenters. The van der Waals surface area contributed by atoms with Gasteiger partial charge < -0.3 is 4.57 Å². The predicted octanol–water partition coefficient (Wildman–Crippen LogP) is 1.28. The molecule has 3 nitrogen and oxygen atoms in total. The second-order valence-electron chi connectivity index (χ2n) is 2.03. The van der Waals surface area contributed by atoms with Gasteiger partial charge in [0.1, 0.15) is 5.69 Å². The van der Waals surface area contributed by atoms with E-state index in [1.807, 2.05) is 0 Å². The average Bonchev–Trinajstić information content (AvgIpc) is 2.14. The van der Waals surface area contributed by atoms with Crippen molar-refractivity contribution in [2.75, 3.05) is 0 Å². The number of halogens is 1. The van der Waals surface area contributed by atoms with Gasteiger partial charge in [-0.2, -0.15) is 0 Å². The van der Waals surface area contributed by atoms with E-state index in [0.29, 0.717) is 11.0 Å². The summed E-state index contributed by atoms with van der Waals surface area (Å²) in [6.45, 7) is 1.48. The van der Waals surface area contributed by atoms with Crippen molar-refractivity contribution < 1.29 is 4.79 Å². The van der Waals surface area contributed by atoms with Crippen LogP contribution < -0.4 is 0 Å². The van der Waals surface area contributed by atoms with Crippen LogP contribution in [0.2, 0.25) is 5.28 Å². The van der Waals surface area contributed by atoms with Crippen LogP contribution in [0, 0.1) is 0 Å². The minimum Gasteiger partial charge on any atom is -0.315 e. The number of hydrogen-bond acceptors (Lipinski definition) is 2. The number of Topliss-reactive ketones (excluding diaryl/α,β-unsaturated/α-hetero) is 1. The summed E-state index contributed by atoms with van der Waals surface area (Å²) < 4.78 is 1.55. The van der Waals surface area contributed by atoms with Crippen molar-refractivity contribution in [3.8, 4) is 0 Å². The minimum absolute atomic E-state index is 0.0260. The Balaban J connectivity index is 3.17. The van der Waals surface area contributed by atoms with Crippen LogP contribution in [0.25, 0.3) is 0 Å². The summed E-state index contributed by atoms with van der Waals surface area (Å²) in [5, 5.41) is 0.338. The fourth-order valence-corrected chi connectivity index (χ4v) is 0.854. The summed E-state index contributed by atoms with van der Waals surface area (Å²) in [5.74, 6) is -0.0260. The van der Waals surface area contributed by atoms with Crippen LogP contribution in [0.5, 0.6) is 0 Å². The number of hydrogen-bond donors (Lipinski definition) is 0. The highest BCUT2D eigenvalue weighted by Gasteiger charge is 2.06. The molecule has 1 heterocycles. The number of imidazole rings is 1. The molecule has 1 rings (SSSR count). The highest BCUT2D eigenvalue weighted by atomic mass is 35.5. The average molecular weight is 159 g/mol. The summed E-state index contributed by atoms with van der Waals surface area (Å²) in [7, 11) is 1.70. The first-order chi connectivity index (χ1) is 4.63. The van der Waals surface area contributed by atoms with Gasteiger partial charge in [0, 0.05) is 14.0 Å². The maximum absolute atomic E-state index is 10.8. The Morgan fingerprint density at radius 1 is 1.80 bits per heavy atom. The third kappa shape index (κ3) is 1.04. The molecular weight excluding hydrogens is 152 g/mol. The van der Waals surface area contributed by atoms with Crippen LogP contribution in [0.3, 0.4) is 0 Å². The monoisotopic (exact) mass is 158 g/mol. The highest BCUT2D eigenvalue weighted by molar-refractivity contribution is 6.28. The molecule has 54 valence electrons. The molecule has 0 fully saturated rings. The molecule has 0 N–H and O–H groups in total. The Labute approximate surface area is 63.6 Å². The van der Waals surface area contributed by atoms with E-state index in [1.54, 1.807) is 11.6 Å². The van der Waals surface area contributed by atoms with Gasteiger partial charge in [-0.1, -0.05) is 0 Å². The number of carbonyl (C=O) groups excluding carboxylic acids is 1. The SMILES string of the molecule is CC(=O)c1cnc(Cl)n1C. The predicted molar refractivity (Wildman–Crippen MR) is 38.2 cm³/mol. The van der Waals surface area contributed by atoms with Crippen molar-refractivity contribution in [3.63, 3.8) is 0 Å². The molecule has 10 heavy (non-hydrogen) atoms. The van der Waals surface area contributed by atoms with Crippen LogP contribution in [0.4, 0.5) is 0 Å². The number of nitrogens with zero attached hydrogens (tertiary/aromatic N) is 2. The molecule has 1 aromatic heterocycles. The van der Waals surface area contributed by atoms with Crippen molar-refractivity contribution in [1.29, 1.82) is 0 Å². The van der Waals surface area contributed by atoms with E-state index in [0.717, 1.165) is 0 Å². The molecule has 0 saturated heterocycles. The van der Waals surface area contributed by atoms with E-state index in [4.69, 9.17) is 11.6 Å². The zero-order chi connectivity index (χ0) is 7.72. The maximum Gasteiger partial charge on any atom is 0.202 e. The van der Waals surface area contributed by atoms with Crippen LogP contribution >= 0.6 is 11.6 Å². The van der Waals surface area contributed by atoms with Crippen molar-refractivity contribution in [2.24, 2.45) is 7.05 Å². The van der Waals surface area contributed by atoms with E-state index in [9.17, 15) is 4.79 Å². The Morgan fingerprint density at radius 3 is 2.60 bits per heavy atom. The van der Waals surface area contributed by atoms with E-state index in [1.165, 1.54) is 13.1 Å². The highest BCUT2D eigenvalue weighted by Crippen LogP contribution is 2.07. The topological polar surface area (TPSA) is 34.9 Å². The lowest BCUT2D eigenvalue weighted by molar-refractivity contribution is 0.101. The number of rotatable bonds is 1. The molecule has 0 spiro atoms. The lowest BCUT2D eigenvalue weighted by Crippen LogP contribution is -2.00. The Hall–Kier alpha value is -0.830. The smallest absolute Gasteiger partial charge is 0.202 e. The van der Waals surface area contributed by atoms with E-state index < -0.39 is 0 Å². The molecule has 0 bridgehead atoms.